The fourth-order valence-corrected chi connectivity index (χ4v) is 4.25. The highest BCUT2D eigenvalue weighted by Crippen LogP contribution is 2.28. The number of amides is 1. The largest absolute Gasteiger partial charge is 0.495 e. The molecule has 1 unspecified atom stereocenters. The van der Waals surface area contributed by atoms with Crippen molar-refractivity contribution in [3.63, 3.8) is 0 Å². The second kappa shape index (κ2) is 9.71. The Labute approximate surface area is 167 Å². The fraction of sp³-hybridized carbons (Fsp3) is 0.381. The van der Waals surface area contributed by atoms with Crippen LogP contribution >= 0.6 is 0 Å². The Morgan fingerprint density at radius 2 is 1.79 bits per heavy atom. The molecule has 6 nitrogen and oxygen atoms in total. The van der Waals surface area contributed by atoms with Crippen LogP contribution in [0.25, 0.3) is 0 Å². The standard InChI is InChI=1S/C21H28N2O4S/c1-5-22-21(24)18(13-16-9-7-6-8-10-16)23-28(25,26)20-14-17(15(2)3)11-12-19(20)27-4/h6-12,14-15,18,23H,5,13H2,1-4H3,(H,22,24). The Kier molecular flexibility index (Phi) is 7.60. The highest BCUT2D eigenvalue weighted by molar-refractivity contribution is 7.89. The molecule has 0 radical (unpaired) electrons. The molecule has 2 N–H and O–H groups in total. The number of hydrogen-bond donors (Lipinski definition) is 2. The molecule has 0 aliphatic rings. The third-order valence-electron chi connectivity index (χ3n) is 4.39. The van der Waals surface area contributed by atoms with E-state index in [1.165, 1.54) is 7.11 Å². The zero-order valence-corrected chi connectivity index (χ0v) is 17.5. The highest BCUT2D eigenvalue weighted by atomic mass is 32.2. The summed E-state index contributed by atoms with van der Waals surface area (Å²) < 4.78 is 34.1. The summed E-state index contributed by atoms with van der Waals surface area (Å²) in [5.41, 5.74) is 1.74. The molecule has 0 aliphatic carbocycles. The van der Waals surface area contributed by atoms with Gasteiger partial charge < -0.3 is 10.1 Å². The summed E-state index contributed by atoms with van der Waals surface area (Å²) in [4.78, 5) is 12.5. The van der Waals surface area contributed by atoms with Gasteiger partial charge in [-0.25, -0.2) is 8.42 Å². The molecular weight excluding hydrogens is 376 g/mol. The molecule has 7 heteroatoms. The van der Waals surface area contributed by atoms with E-state index in [1.807, 2.05) is 50.2 Å². The van der Waals surface area contributed by atoms with Gasteiger partial charge in [0.1, 0.15) is 16.7 Å². The van der Waals surface area contributed by atoms with Crippen molar-refractivity contribution in [3.05, 3.63) is 59.7 Å². The minimum atomic E-state index is -3.98. The first-order chi connectivity index (χ1) is 13.3. The number of sulfonamides is 1. The zero-order valence-electron chi connectivity index (χ0n) is 16.7. The van der Waals surface area contributed by atoms with E-state index in [2.05, 4.69) is 10.0 Å². The van der Waals surface area contributed by atoms with Crippen molar-refractivity contribution in [1.29, 1.82) is 0 Å². The Morgan fingerprint density at radius 3 is 2.36 bits per heavy atom. The summed E-state index contributed by atoms with van der Waals surface area (Å²) in [6.45, 7) is 6.18. The predicted octanol–water partition coefficient (Wildman–Crippen LogP) is 2.84. The van der Waals surface area contributed by atoms with Gasteiger partial charge in [-0.1, -0.05) is 50.2 Å². The molecule has 152 valence electrons. The van der Waals surface area contributed by atoms with Crippen LogP contribution in [0.2, 0.25) is 0 Å². The van der Waals surface area contributed by atoms with Crippen molar-refractivity contribution >= 4 is 15.9 Å². The van der Waals surface area contributed by atoms with Crippen LogP contribution in [0.15, 0.2) is 53.4 Å². The second-order valence-electron chi connectivity index (χ2n) is 6.82. The monoisotopic (exact) mass is 404 g/mol. The Bertz CT molecular complexity index is 896. The molecule has 28 heavy (non-hydrogen) atoms. The molecule has 2 aromatic rings. The number of benzene rings is 2. The minimum absolute atomic E-state index is 0.0311. The quantitative estimate of drug-likeness (QED) is 0.673. The number of rotatable bonds is 9. The number of nitrogens with one attached hydrogen (secondary N) is 2. The SMILES string of the molecule is CCNC(=O)C(Cc1ccccc1)NS(=O)(=O)c1cc(C(C)C)ccc1OC. The number of carbonyl (C=O) groups is 1. The van der Waals surface area contributed by atoms with Crippen LogP contribution in [-0.2, 0) is 21.2 Å². The van der Waals surface area contributed by atoms with E-state index in [9.17, 15) is 13.2 Å². The summed E-state index contributed by atoms with van der Waals surface area (Å²) in [5, 5.41) is 2.70. The van der Waals surface area contributed by atoms with Gasteiger partial charge >= 0.3 is 0 Å². The maximum Gasteiger partial charge on any atom is 0.245 e. The molecule has 0 heterocycles. The molecule has 0 aromatic heterocycles. The number of likely N-dealkylation sites (N-methyl/N-ethyl adjacent to an activating group) is 1. The van der Waals surface area contributed by atoms with Crippen molar-refractivity contribution < 1.29 is 17.9 Å². The lowest BCUT2D eigenvalue weighted by Gasteiger charge is -2.20. The number of ether oxygens (including phenoxy) is 1. The topological polar surface area (TPSA) is 84.5 Å². The zero-order chi connectivity index (χ0) is 20.7. The lowest BCUT2D eigenvalue weighted by atomic mass is 10.0. The van der Waals surface area contributed by atoms with Crippen LogP contribution in [0.4, 0.5) is 0 Å². The van der Waals surface area contributed by atoms with Crippen LogP contribution in [0.1, 0.15) is 37.8 Å². The van der Waals surface area contributed by atoms with Gasteiger partial charge in [0.25, 0.3) is 0 Å². The molecule has 1 atom stereocenters. The maximum absolute atomic E-state index is 13.1. The Morgan fingerprint density at radius 1 is 1.11 bits per heavy atom. The average Bonchev–Trinajstić information content (AvgIpc) is 2.67. The average molecular weight is 405 g/mol. The Balaban J connectivity index is 2.39. The lowest BCUT2D eigenvalue weighted by Crippen LogP contribution is -2.47. The summed E-state index contributed by atoms with van der Waals surface area (Å²) in [6, 6.07) is 13.5. The molecule has 1 amide bonds. The van der Waals surface area contributed by atoms with E-state index in [4.69, 9.17) is 4.74 Å². The second-order valence-corrected chi connectivity index (χ2v) is 8.51. The maximum atomic E-state index is 13.1. The number of carbonyl (C=O) groups excluding carboxylic acids is 1. The van der Waals surface area contributed by atoms with Crippen LogP contribution in [0, 0.1) is 0 Å². The van der Waals surface area contributed by atoms with Gasteiger partial charge in [0.05, 0.1) is 7.11 Å². The predicted molar refractivity (Wildman–Crippen MR) is 110 cm³/mol. The third-order valence-corrected chi connectivity index (χ3v) is 5.88. The molecule has 0 saturated heterocycles. The number of methoxy groups -OCH3 is 1. The van der Waals surface area contributed by atoms with Gasteiger partial charge in [0.15, 0.2) is 0 Å². The van der Waals surface area contributed by atoms with Crippen LogP contribution in [0.5, 0.6) is 5.75 Å². The molecule has 2 rings (SSSR count). The number of hydrogen-bond acceptors (Lipinski definition) is 4. The van der Waals surface area contributed by atoms with Gasteiger partial charge in [-0.15, -0.1) is 0 Å². The first-order valence-electron chi connectivity index (χ1n) is 9.30. The van der Waals surface area contributed by atoms with E-state index in [0.29, 0.717) is 6.54 Å². The van der Waals surface area contributed by atoms with E-state index >= 15 is 0 Å². The van der Waals surface area contributed by atoms with Crippen molar-refractivity contribution in [2.45, 2.75) is 44.0 Å². The van der Waals surface area contributed by atoms with Crippen molar-refractivity contribution in [1.82, 2.24) is 10.0 Å². The van der Waals surface area contributed by atoms with E-state index in [0.717, 1.165) is 11.1 Å². The molecular formula is C21H28N2O4S. The summed E-state index contributed by atoms with van der Waals surface area (Å²) in [7, 11) is -2.55. The Hall–Kier alpha value is -2.38. The van der Waals surface area contributed by atoms with Crippen LogP contribution in [0.3, 0.4) is 0 Å². The van der Waals surface area contributed by atoms with Crippen molar-refractivity contribution in [3.8, 4) is 5.75 Å². The summed E-state index contributed by atoms with van der Waals surface area (Å²) >= 11 is 0. The van der Waals surface area contributed by atoms with E-state index < -0.39 is 16.1 Å². The third kappa shape index (κ3) is 5.56. The molecule has 0 bridgehead atoms. The summed E-state index contributed by atoms with van der Waals surface area (Å²) in [6.07, 6.45) is 0.248. The molecule has 0 aliphatic heterocycles. The lowest BCUT2D eigenvalue weighted by molar-refractivity contribution is -0.122. The highest BCUT2D eigenvalue weighted by Gasteiger charge is 2.28. The molecule has 0 fully saturated rings. The van der Waals surface area contributed by atoms with Gasteiger partial charge in [-0.3, -0.25) is 4.79 Å². The van der Waals surface area contributed by atoms with Gasteiger partial charge in [-0.2, -0.15) is 4.72 Å². The fourth-order valence-electron chi connectivity index (χ4n) is 2.85. The van der Waals surface area contributed by atoms with Crippen LogP contribution in [-0.4, -0.2) is 34.0 Å². The smallest absolute Gasteiger partial charge is 0.245 e. The first kappa shape index (κ1) is 21.9. The normalized spacial score (nSPS) is 12.6. The summed E-state index contributed by atoms with van der Waals surface area (Å²) in [5.74, 6) is 0.0310. The van der Waals surface area contributed by atoms with Crippen LogP contribution < -0.4 is 14.8 Å². The minimum Gasteiger partial charge on any atom is -0.495 e. The van der Waals surface area contributed by atoms with Gasteiger partial charge in [-0.05, 0) is 42.5 Å². The van der Waals surface area contributed by atoms with Crippen molar-refractivity contribution in [2.75, 3.05) is 13.7 Å². The molecule has 2 aromatic carbocycles. The molecule has 0 spiro atoms. The molecule has 0 saturated carbocycles. The van der Waals surface area contributed by atoms with Gasteiger partial charge in [0, 0.05) is 6.54 Å². The van der Waals surface area contributed by atoms with Gasteiger partial charge in [0.2, 0.25) is 15.9 Å². The van der Waals surface area contributed by atoms with E-state index in [-0.39, 0.29) is 28.9 Å². The van der Waals surface area contributed by atoms with Crippen molar-refractivity contribution in [2.24, 2.45) is 0 Å². The van der Waals surface area contributed by atoms with E-state index in [1.54, 1.807) is 19.1 Å². The first-order valence-corrected chi connectivity index (χ1v) is 10.8.